The Balaban J connectivity index is 1.95. The Morgan fingerprint density at radius 3 is 2.50 bits per heavy atom. The Hall–Kier alpha value is -1.88. The molecule has 5 heteroatoms. The van der Waals surface area contributed by atoms with E-state index in [1.54, 1.807) is 0 Å². The Morgan fingerprint density at radius 2 is 1.92 bits per heavy atom. The van der Waals surface area contributed by atoms with Gasteiger partial charge in [-0.2, -0.15) is 0 Å². The van der Waals surface area contributed by atoms with Crippen LogP contribution in [0.3, 0.4) is 0 Å². The van der Waals surface area contributed by atoms with Crippen molar-refractivity contribution in [3.63, 3.8) is 0 Å². The predicted molar refractivity (Wildman–Crippen MR) is 95.7 cm³/mol. The number of piperazine rings is 1. The molecule has 1 aromatic rings. The first-order valence-corrected chi connectivity index (χ1v) is 8.72. The molecule has 0 radical (unpaired) electrons. The monoisotopic (exact) mass is 331 g/mol. The fourth-order valence-electron chi connectivity index (χ4n) is 3.08. The van der Waals surface area contributed by atoms with Crippen LogP contribution in [0.15, 0.2) is 24.3 Å². The summed E-state index contributed by atoms with van der Waals surface area (Å²) in [5.74, 6) is 0.709. The molecule has 1 aromatic carbocycles. The van der Waals surface area contributed by atoms with E-state index >= 15 is 0 Å². The molecule has 1 aliphatic rings. The second-order valence-corrected chi connectivity index (χ2v) is 7.15. The van der Waals surface area contributed by atoms with Crippen molar-refractivity contribution >= 4 is 11.8 Å². The second kappa shape index (κ2) is 8.29. The van der Waals surface area contributed by atoms with Crippen LogP contribution in [-0.4, -0.2) is 54.3 Å². The van der Waals surface area contributed by atoms with Crippen molar-refractivity contribution in [3.8, 4) is 0 Å². The van der Waals surface area contributed by atoms with Crippen LogP contribution in [0.25, 0.3) is 0 Å². The molecule has 132 valence electrons. The number of carbonyl (C=O) groups is 2. The zero-order valence-corrected chi connectivity index (χ0v) is 15.2. The number of benzene rings is 1. The molecular formula is C19H29N3O2. The Bertz CT molecular complexity index is 568. The summed E-state index contributed by atoms with van der Waals surface area (Å²) < 4.78 is 0. The fourth-order valence-corrected chi connectivity index (χ4v) is 3.08. The van der Waals surface area contributed by atoms with Crippen molar-refractivity contribution < 1.29 is 9.59 Å². The Morgan fingerprint density at radius 1 is 1.25 bits per heavy atom. The average Bonchev–Trinajstić information content (AvgIpc) is 2.53. The van der Waals surface area contributed by atoms with E-state index in [-0.39, 0.29) is 17.9 Å². The van der Waals surface area contributed by atoms with Crippen LogP contribution in [0.1, 0.15) is 43.1 Å². The molecule has 1 aliphatic heterocycles. The summed E-state index contributed by atoms with van der Waals surface area (Å²) in [7, 11) is 1.87. The van der Waals surface area contributed by atoms with E-state index in [1.165, 1.54) is 0 Å². The highest BCUT2D eigenvalue weighted by Gasteiger charge is 2.19. The Kier molecular flexibility index (Phi) is 6.37. The lowest BCUT2D eigenvalue weighted by atomic mass is 10.0. The van der Waals surface area contributed by atoms with Crippen LogP contribution >= 0.6 is 0 Å². The molecule has 0 spiro atoms. The van der Waals surface area contributed by atoms with Gasteiger partial charge in [-0.25, -0.2) is 0 Å². The number of hydrogen-bond donors (Lipinski definition) is 1. The third kappa shape index (κ3) is 5.06. The molecule has 1 unspecified atom stereocenters. The standard InChI is InChI=1S/C19H29N3O2/c1-14(2)11-15(3)21(4)19(24)17-7-5-16(6-8-17)12-22-10-9-20-18(23)13-22/h5-8,14-15H,9-13H2,1-4H3,(H,20,23). The summed E-state index contributed by atoms with van der Waals surface area (Å²) in [6.45, 7) is 9.18. The highest BCUT2D eigenvalue weighted by molar-refractivity contribution is 5.94. The van der Waals surface area contributed by atoms with Crippen LogP contribution in [-0.2, 0) is 11.3 Å². The number of carbonyl (C=O) groups excluding carboxylic acids is 2. The van der Waals surface area contributed by atoms with E-state index in [9.17, 15) is 9.59 Å². The lowest BCUT2D eigenvalue weighted by Crippen LogP contribution is -2.47. The van der Waals surface area contributed by atoms with E-state index in [0.29, 0.717) is 24.6 Å². The van der Waals surface area contributed by atoms with Gasteiger partial charge < -0.3 is 10.2 Å². The van der Waals surface area contributed by atoms with E-state index < -0.39 is 0 Å². The molecule has 1 atom stereocenters. The minimum absolute atomic E-state index is 0.0621. The van der Waals surface area contributed by atoms with Gasteiger partial charge in [0.15, 0.2) is 0 Å². The van der Waals surface area contributed by atoms with Gasteiger partial charge in [-0.3, -0.25) is 14.5 Å². The molecule has 0 bridgehead atoms. The molecule has 24 heavy (non-hydrogen) atoms. The zero-order chi connectivity index (χ0) is 17.7. The quantitative estimate of drug-likeness (QED) is 0.869. The smallest absolute Gasteiger partial charge is 0.253 e. The molecule has 0 saturated carbocycles. The van der Waals surface area contributed by atoms with Crippen molar-refractivity contribution in [2.45, 2.75) is 39.8 Å². The summed E-state index contributed by atoms with van der Waals surface area (Å²) in [4.78, 5) is 27.9. The van der Waals surface area contributed by atoms with E-state index in [1.807, 2.05) is 36.2 Å². The van der Waals surface area contributed by atoms with Gasteiger partial charge in [-0.1, -0.05) is 26.0 Å². The average molecular weight is 331 g/mol. The zero-order valence-electron chi connectivity index (χ0n) is 15.2. The van der Waals surface area contributed by atoms with Crippen LogP contribution in [0.5, 0.6) is 0 Å². The first-order chi connectivity index (χ1) is 11.4. The summed E-state index contributed by atoms with van der Waals surface area (Å²) in [6.07, 6.45) is 0.997. The topological polar surface area (TPSA) is 52.7 Å². The second-order valence-electron chi connectivity index (χ2n) is 7.15. The summed E-state index contributed by atoms with van der Waals surface area (Å²) in [6, 6.07) is 7.98. The molecule has 1 fully saturated rings. The van der Waals surface area contributed by atoms with E-state index in [0.717, 1.165) is 25.1 Å². The Labute approximate surface area is 145 Å². The van der Waals surface area contributed by atoms with Crippen molar-refractivity contribution in [1.82, 2.24) is 15.1 Å². The fraction of sp³-hybridized carbons (Fsp3) is 0.579. The molecule has 5 nitrogen and oxygen atoms in total. The molecule has 1 heterocycles. The van der Waals surface area contributed by atoms with Gasteiger partial charge in [0.25, 0.3) is 5.91 Å². The number of nitrogens with zero attached hydrogens (tertiary/aromatic N) is 2. The minimum atomic E-state index is 0.0621. The number of amides is 2. The van der Waals surface area contributed by atoms with Crippen molar-refractivity contribution in [2.24, 2.45) is 5.92 Å². The highest BCUT2D eigenvalue weighted by Crippen LogP contribution is 2.14. The van der Waals surface area contributed by atoms with Crippen LogP contribution in [0.4, 0.5) is 0 Å². The summed E-state index contributed by atoms with van der Waals surface area (Å²) in [5, 5.41) is 2.83. The summed E-state index contributed by atoms with van der Waals surface area (Å²) >= 11 is 0. The lowest BCUT2D eigenvalue weighted by molar-refractivity contribution is -0.124. The molecule has 0 aliphatic carbocycles. The maximum atomic E-state index is 12.6. The minimum Gasteiger partial charge on any atom is -0.354 e. The molecular weight excluding hydrogens is 302 g/mol. The molecule has 1 N–H and O–H groups in total. The van der Waals surface area contributed by atoms with Gasteiger partial charge in [0, 0.05) is 38.3 Å². The third-order valence-electron chi connectivity index (χ3n) is 4.52. The van der Waals surface area contributed by atoms with Gasteiger partial charge in [0.2, 0.25) is 5.91 Å². The summed E-state index contributed by atoms with van der Waals surface area (Å²) in [5.41, 5.74) is 1.84. The van der Waals surface area contributed by atoms with Crippen LogP contribution in [0.2, 0.25) is 0 Å². The van der Waals surface area contributed by atoms with E-state index in [2.05, 4.69) is 31.0 Å². The van der Waals surface area contributed by atoms with Gasteiger partial charge >= 0.3 is 0 Å². The van der Waals surface area contributed by atoms with Crippen molar-refractivity contribution in [3.05, 3.63) is 35.4 Å². The van der Waals surface area contributed by atoms with Crippen LogP contribution < -0.4 is 5.32 Å². The number of hydrogen-bond acceptors (Lipinski definition) is 3. The molecule has 2 rings (SSSR count). The lowest BCUT2D eigenvalue weighted by Gasteiger charge is -2.27. The van der Waals surface area contributed by atoms with Crippen LogP contribution in [0, 0.1) is 5.92 Å². The van der Waals surface area contributed by atoms with Gasteiger partial charge in [-0.05, 0) is 37.0 Å². The van der Waals surface area contributed by atoms with Gasteiger partial charge in [-0.15, -0.1) is 0 Å². The predicted octanol–water partition coefficient (Wildman–Crippen LogP) is 2.12. The maximum absolute atomic E-state index is 12.6. The maximum Gasteiger partial charge on any atom is 0.253 e. The first-order valence-electron chi connectivity index (χ1n) is 8.72. The number of nitrogens with one attached hydrogen (secondary N) is 1. The van der Waals surface area contributed by atoms with Gasteiger partial charge in [0.1, 0.15) is 0 Å². The molecule has 0 aromatic heterocycles. The van der Waals surface area contributed by atoms with Crippen molar-refractivity contribution in [1.29, 1.82) is 0 Å². The molecule has 2 amide bonds. The van der Waals surface area contributed by atoms with Gasteiger partial charge in [0.05, 0.1) is 6.54 Å². The largest absolute Gasteiger partial charge is 0.354 e. The van der Waals surface area contributed by atoms with E-state index in [4.69, 9.17) is 0 Å². The van der Waals surface area contributed by atoms with Crippen molar-refractivity contribution in [2.75, 3.05) is 26.7 Å². The molecule has 1 saturated heterocycles. The third-order valence-corrected chi connectivity index (χ3v) is 4.52. The highest BCUT2D eigenvalue weighted by atomic mass is 16.2. The SMILES string of the molecule is CC(C)CC(C)N(C)C(=O)c1ccc(CN2CCNC(=O)C2)cc1. The number of rotatable bonds is 6. The normalized spacial score (nSPS) is 16.8. The first kappa shape index (κ1) is 18.5.